The molecular weight excluding hydrogens is 306 g/mol. The number of pyridine rings is 1. The molecule has 2 rings (SSSR count). The molecule has 1 aromatic heterocycles. The van der Waals surface area contributed by atoms with Crippen LogP contribution in [0.25, 0.3) is 0 Å². The maximum atomic E-state index is 11.9. The number of hydrogen-bond donors (Lipinski definition) is 2. The Morgan fingerprint density at radius 2 is 2.04 bits per heavy atom. The predicted octanol–water partition coefficient (Wildman–Crippen LogP) is 2.35. The topological polar surface area (TPSA) is 72.5 Å². The molecule has 1 unspecified atom stereocenters. The third kappa shape index (κ3) is 5.24. The Labute approximate surface area is 142 Å². The highest BCUT2D eigenvalue weighted by Gasteiger charge is 2.11. The van der Waals surface area contributed by atoms with E-state index in [1.54, 1.807) is 25.4 Å². The normalized spacial score (nSPS) is 11.6. The molecule has 2 aromatic rings. The molecule has 0 bridgehead atoms. The van der Waals surface area contributed by atoms with Gasteiger partial charge in [0.2, 0.25) is 11.8 Å². The Kier molecular flexibility index (Phi) is 6.57. The number of benzene rings is 1. The summed E-state index contributed by atoms with van der Waals surface area (Å²) < 4.78 is 10.8. The maximum absolute atomic E-state index is 11.9. The minimum Gasteiger partial charge on any atom is -0.497 e. The molecule has 1 aromatic carbocycles. The molecule has 1 heterocycles. The van der Waals surface area contributed by atoms with Crippen LogP contribution in [0.4, 0.5) is 0 Å². The van der Waals surface area contributed by atoms with Gasteiger partial charge in [-0.15, -0.1) is 0 Å². The number of ether oxygens (including phenoxy) is 2. The smallest absolute Gasteiger partial charge is 0.224 e. The summed E-state index contributed by atoms with van der Waals surface area (Å²) >= 11 is 0. The van der Waals surface area contributed by atoms with Crippen LogP contribution >= 0.6 is 0 Å². The van der Waals surface area contributed by atoms with E-state index in [0.717, 1.165) is 11.3 Å². The first-order chi connectivity index (χ1) is 11.6. The third-order valence-electron chi connectivity index (χ3n) is 3.49. The van der Waals surface area contributed by atoms with Crippen molar-refractivity contribution < 1.29 is 14.3 Å². The first-order valence-corrected chi connectivity index (χ1v) is 7.81. The largest absolute Gasteiger partial charge is 0.497 e. The van der Waals surface area contributed by atoms with Gasteiger partial charge in [-0.25, -0.2) is 4.98 Å². The summed E-state index contributed by atoms with van der Waals surface area (Å²) in [5, 5.41) is 5.88. The molecule has 6 heteroatoms. The lowest BCUT2D eigenvalue weighted by Gasteiger charge is -2.11. The number of carbonyl (C=O) groups excluding carboxylic acids is 1. The Morgan fingerprint density at radius 1 is 1.25 bits per heavy atom. The van der Waals surface area contributed by atoms with Crippen molar-refractivity contribution >= 4 is 5.91 Å². The van der Waals surface area contributed by atoms with Gasteiger partial charge < -0.3 is 20.1 Å². The van der Waals surface area contributed by atoms with Gasteiger partial charge in [-0.3, -0.25) is 4.79 Å². The standard InChI is InChI=1S/C18H23N3O3/c1-13(10-19-2)18(22)21-12-14-7-8-17(20-11-14)24-16-6-4-5-15(9-16)23-3/h4-9,11,13,19H,10,12H2,1-3H3,(H,21,22). The summed E-state index contributed by atoms with van der Waals surface area (Å²) in [5.74, 6) is 1.81. The summed E-state index contributed by atoms with van der Waals surface area (Å²) in [4.78, 5) is 16.1. The van der Waals surface area contributed by atoms with Gasteiger partial charge in [0.25, 0.3) is 0 Å². The summed E-state index contributed by atoms with van der Waals surface area (Å²) in [5.41, 5.74) is 0.915. The van der Waals surface area contributed by atoms with Crippen molar-refractivity contribution in [1.82, 2.24) is 15.6 Å². The van der Waals surface area contributed by atoms with E-state index in [-0.39, 0.29) is 11.8 Å². The van der Waals surface area contributed by atoms with E-state index < -0.39 is 0 Å². The highest BCUT2D eigenvalue weighted by Crippen LogP contribution is 2.23. The number of nitrogens with zero attached hydrogens (tertiary/aromatic N) is 1. The minimum atomic E-state index is -0.0707. The maximum Gasteiger partial charge on any atom is 0.224 e. The zero-order chi connectivity index (χ0) is 17.4. The van der Waals surface area contributed by atoms with Gasteiger partial charge in [0.05, 0.1) is 7.11 Å². The van der Waals surface area contributed by atoms with E-state index >= 15 is 0 Å². The number of hydrogen-bond acceptors (Lipinski definition) is 5. The molecule has 24 heavy (non-hydrogen) atoms. The molecule has 2 N–H and O–H groups in total. The van der Waals surface area contributed by atoms with Crippen LogP contribution in [0.3, 0.4) is 0 Å². The average Bonchev–Trinajstić information content (AvgIpc) is 2.61. The highest BCUT2D eigenvalue weighted by atomic mass is 16.5. The number of nitrogens with one attached hydrogen (secondary N) is 2. The van der Waals surface area contributed by atoms with E-state index in [0.29, 0.717) is 24.7 Å². The molecular formula is C18H23N3O3. The second-order valence-corrected chi connectivity index (χ2v) is 5.46. The molecule has 0 aliphatic rings. The van der Waals surface area contributed by atoms with Gasteiger partial charge in [0, 0.05) is 37.3 Å². The van der Waals surface area contributed by atoms with Gasteiger partial charge in [0.15, 0.2) is 0 Å². The number of aromatic nitrogens is 1. The Morgan fingerprint density at radius 3 is 2.71 bits per heavy atom. The van der Waals surface area contributed by atoms with Crippen LogP contribution in [0.1, 0.15) is 12.5 Å². The van der Waals surface area contributed by atoms with Crippen LogP contribution in [0.2, 0.25) is 0 Å². The molecule has 0 saturated heterocycles. The van der Waals surface area contributed by atoms with Crippen LogP contribution < -0.4 is 20.1 Å². The number of amides is 1. The molecule has 1 atom stereocenters. The summed E-state index contributed by atoms with van der Waals surface area (Å²) in [6.45, 7) is 2.98. The molecule has 0 saturated carbocycles. The SMILES string of the molecule is CNCC(C)C(=O)NCc1ccc(Oc2cccc(OC)c2)nc1. The van der Waals surface area contributed by atoms with Crippen LogP contribution in [-0.2, 0) is 11.3 Å². The molecule has 0 aliphatic carbocycles. The average molecular weight is 329 g/mol. The van der Waals surface area contributed by atoms with Crippen LogP contribution in [0.5, 0.6) is 17.4 Å². The fraction of sp³-hybridized carbons (Fsp3) is 0.333. The van der Waals surface area contributed by atoms with Crippen molar-refractivity contribution in [3.8, 4) is 17.4 Å². The van der Waals surface area contributed by atoms with Crippen molar-refractivity contribution in [2.45, 2.75) is 13.5 Å². The fourth-order valence-electron chi connectivity index (χ4n) is 2.12. The Balaban J connectivity index is 1.89. The fourth-order valence-corrected chi connectivity index (χ4v) is 2.12. The van der Waals surface area contributed by atoms with E-state index in [9.17, 15) is 4.79 Å². The van der Waals surface area contributed by atoms with Gasteiger partial charge in [-0.1, -0.05) is 19.1 Å². The summed E-state index contributed by atoms with van der Waals surface area (Å²) in [6, 6.07) is 11.0. The Bertz CT molecular complexity index is 659. The third-order valence-corrected chi connectivity index (χ3v) is 3.49. The molecule has 0 radical (unpaired) electrons. The van der Waals surface area contributed by atoms with Crippen LogP contribution in [-0.4, -0.2) is 31.6 Å². The van der Waals surface area contributed by atoms with Crippen molar-refractivity contribution in [3.05, 3.63) is 48.2 Å². The molecule has 0 aliphatic heterocycles. The highest BCUT2D eigenvalue weighted by molar-refractivity contribution is 5.78. The summed E-state index contributed by atoms with van der Waals surface area (Å²) in [6.07, 6.45) is 1.69. The zero-order valence-corrected chi connectivity index (χ0v) is 14.2. The van der Waals surface area contributed by atoms with E-state index in [1.807, 2.05) is 38.2 Å². The number of methoxy groups -OCH3 is 1. The second-order valence-electron chi connectivity index (χ2n) is 5.46. The lowest BCUT2D eigenvalue weighted by atomic mass is 10.1. The number of rotatable bonds is 8. The monoisotopic (exact) mass is 329 g/mol. The molecule has 6 nitrogen and oxygen atoms in total. The first-order valence-electron chi connectivity index (χ1n) is 7.81. The molecule has 0 spiro atoms. The number of carbonyl (C=O) groups is 1. The second kappa shape index (κ2) is 8.88. The van der Waals surface area contributed by atoms with Gasteiger partial charge in [0.1, 0.15) is 11.5 Å². The van der Waals surface area contributed by atoms with E-state index in [2.05, 4.69) is 15.6 Å². The van der Waals surface area contributed by atoms with Gasteiger partial charge >= 0.3 is 0 Å². The Hall–Kier alpha value is -2.60. The van der Waals surface area contributed by atoms with Gasteiger partial charge in [-0.2, -0.15) is 0 Å². The quantitative estimate of drug-likeness (QED) is 0.778. The van der Waals surface area contributed by atoms with Crippen molar-refractivity contribution in [2.75, 3.05) is 20.7 Å². The minimum absolute atomic E-state index is 0.0149. The van der Waals surface area contributed by atoms with Crippen LogP contribution in [0, 0.1) is 5.92 Å². The van der Waals surface area contributed by atoms with Crippen molar-refractivity contribution in [2.24, 2.45) is 5.92 Å². The molecule has 0 fully saturated rings. The van der Waals surface area contributed by atoms with Gasteiger partial charge in [-0.05, 0) is 24.7 Å². The zero-order valence-electron chi connectivity index (χ0n) is 14.2. The lowest BCUT2D eigenvalue weighted by Crippen LogP contribution is -2.33. The first kappa shape index (κ1) is 17.7. The summed E-state index contributed by atoms with van der Waals surface area (Å²) in [7, 11) is 3.44. The van der Waals surface area contributed by atoms with E-state index in [1.165, 1.54) is 0 Å². The van der Waals surface area contributed by atoms with Crippen molar-refractivity contribution in [1.29, 1.82) is 0 Å². The van der Waals surface area contributed by atoms with Crippen LogP contribution in [0.15, 0.2) is 42.6 Å². The van der Waals surface area contributed by atoms with Crippen molar-refractivity contribution in [3.63, 3.8) is 0 Å². The lowest BCUT2D eigenvalue weighted by molar-refractivity contribution is -0.124. The predicted molar refractivity (Wildman–Crippen MR) is 92.2 cm³/mol. The molecule has 1 amide bonds. The molecule has 128 valence electrons. The van der Waals surface area contributed by atoms with E-state index in [4.69, 9.17) is 9.47 Å².